The molecule has 0 aliphatic carbocycles. The lowest BCUT2D eigenvalue weighted by Crippen LogP contribution is -2.23. The van der Waals surface area contributed by atoms with Crippen LogP contribution in [0.5, 0.6) is 0 Å². The van der Waals surface area contributed by atoms with E-state index in [1.807, 2.05) is 6.20 Å². The summed E-state index contributed by atoms with van der Waals surface area (Å²) in [6.07, 6.45) is 1.90. The van der Waals surface area contributed by atoms with Crippen molar-refractivity contribution in [3.05, 3.63) is 77.6 Å². The van der Waals surface area contributed by atoms with E-state index in [4.69, 9.17) is 0 Å². The zero-order valence-electron chi connectivity index (χ0n) is 12.5. The van der Waals surface area contributed by atoms with Gasteiger partial charge in [-0.2, -0.15) is 0 Å². The Morgan fingerprint density at radius 1 is 1.00 bits per heavy atom. The van der Waals surface area contributed by atoms with Crippen molar-refractivity contribution in [2.45, 2.75) is 19.9 Å². The topological polar surface area (TPSA) is 24.9 Å². The second-order valence-corrected chi connectivity index (χ2v) is 5.32. The maximum absolute atomic E-state index is 4.66. The molecule has 1 atom stereocenters. The minimum absolute atomic E-state index is 0.127. The number of rotatable bonds is 4. The minimum atomic E-state index is 0.127. The normalized spacial score (nSPS) is 12.5. The highest BCUT2D eigenvalue weighted by Gasteiger charge is 2.16. The molecular formula is C19H20N2. The summed E-state index contributed by atoms with van der Waals surface area (Å²) in [5.41, 5.74) is 3.63. The van der Waals surface area contributed by atoms with E-state index in [1.165, 1.54) is 21.9 Å². The highest BCUT2D eigenvalue weighted by molar-refractivity contribution is 5.85. The maximum Gasteiger partial charge on any atom is 0.0757 e. The maximum atomic E-state index is 4.66. The van der Waals surface area contributed by atoms with Gasteiger partial charge in [0.1, 0.15) is 0 Å². The largest absolute Gasteiger partial charge is 0.305 e. The van der Waals surface area contributed by atoms with Crippen LogP contribution in [0, 0.1) is 6.92 Å². The molecule has 3 aromatic rings. The molecular weight excluding hydrogens is 256 g/mol. The van der Waals surface area contributed by atoms with Crippen molar-refractivity contribution in [3.8, 4) is 0 Å². The van der Waals surface area contributed by atoms with Gasteiger partial charge in [-0.3, -0.25) is 4.98 Å². The Bertz CT molecular complexity index is 727. The third-order valence-electron chi connectivity index (χ3n) is 3.80. The fourth-order valence-corrected chi connectivity index (χ4v) is 2.71. The first-order chi connectivity index (χ1) is 10.3. The van der Waals surface area contributed by atoms with Crippen LogP contribution in [0.1, 0.15) is 29.8 Å². The van der Waals surface area contributed by atoms with Gasteiger partial charge in [0.15, 0.2) is 0 Å². The second kappa shape index (κ2) is 6.06. The second-order valence-electron chi connectivity index (χ2n) is 5.32. The molecule has 3 rings (SSSR count). The van der Waals surface area contributed by atoms with Crippen molar-refractivity contribution < 1.29 is 0 Å². The summed E-state index contributed by atoms with van der Waals surface area (Å²) in [4.78, 5) is 4.66. The molecule has 2 nitrogen and oxygen atoms in total. The van der Waals surface area contributed by atoms with Gasteiger partial charge in [0, 0.05) is 11.6 Å². The number of aromatic nitrogens is 1. The fourth-order valence-electron chi connectivity index (χ4n) is 2.71. The van der Waals surface area contributed by atoms with Gasteiger partial charge in [0.05, 0.1) is 11.7 Å². The molecule has 0 amide bonds. The predicted octanol–water partition coefficient (Wildman–Crippen LogP) is 4.24. The number of aryl methyl sites for hydroxylation is 1. The van der Waals surface area contributed by atoms with Crippen molar-refractivity contribution in [3.63, 3.8) is 0 Å². The first-order valence-corrected chi connectivity index (χ1v) is 7.43. The summed E-state index contributed by atoms with van der Waals surface area (Å²) in [5, 5.41) is 6.01. The highest BCUT2D eigenvalue weighted by atomic mass is 14.9. The molecule has 0 spiro atoms. The first kappa shape index (κ1) is 13.8. The van der Waals surface area contributed by atoms with Crippen LogP contribution in [-0.4, -0.2) is 11.5 Å². The summed E-state index contributed by atoms with van der Waals surface area (Å²) in [6.45, 7) is 5.15. The van der Waals surface area contributed by atoms with Crippen molar-refractivity contribution in [2.24, 2.45) is 0 Å². The Balaban J connectivity index is 2.13. The van der Waals surface area contributed by atoms with Crippen LogP contribution in [0.15, 0.2) is 60.8 Å². The van der Waals surface area contributed by atoms with Crippen molar-refractivity contribution in [1.82, 2.24) is 10.3 Å². The monoisotopic (exact) mass is 276 g/mol. The van der Waals surface area contributed by atoms with E-state index in [0.717, 1.165) is 12.2 Å². The minimum Gasteiger partial charge on any atom is -0.305 e. The zero-order chi connectivity index (χ0) is 14.7. The summed E-state index contributed by atoms with van der Waals surface area (Å²) in [5.74, 6) is 0. The van der Waals surface area contributed by atoms with Gasteiger partial charge < -0.3 is 5.32 Å². The molecule has 21 heavy (non-hydrogen) atoms. The molecule has 1 unspecified atom stereocenters. The number of benzene rings is 2. The Hall–Kier alpha value is -2.19. The number of nitrogens with zero attached hydrogens (tertiary/aromatic N) is 1. The molecule has 0 bridgehead atoms. The van der Waals surface area contributed by atoms with E-state index in [9.17, 15) is 0 Å². The van der Waals surface area contributed by atoms with Crippen LogP contribution in [-0.2, 0) is 0 Å². The van der Waals surface area contributed by atoms with Crippen molar-refractivity contribution in [1.29, 1.82) is 0 Å². The lowest BCUT2D eigenvalue weighted by atomic mass is 9.98. The SMILES string of the molecule is CCNC(c1ccc(C)cc1)c1nccc2ccccc12. The van der Waals surface area contributed by atoms with E-state index in [-0.39, 0.29) is 6.04 Å². The molecule has 0 fully saturated rings. The standard InChI is InChI=1S/C19H20N2/c1-3-20-18(16-10-8-14(2)9-11-16)19-17-7-5-4-6-15(17)12-13-21-19/h4-13,18,20H,3H2,1-2H3. The summed E-state index contributed by atoms with van der Waals surface area (Å²) >= 11 is 0. The number of pyridine rings is 1. The molecule has 106 valence electrons. The van der Waals surface area contributed by atoms with Crippen molar-refractivity contribution in [2.75, 3.05) is 6.54 Å². The highest BCUT2D eigenvalue weighted by Crippen LogP contribution is 2.27. The lowest BCUT2D eigenvalue weighted by Gasteiger charge is -2.20. The lowest BCUT2D eigenvalue weighted by molar-refractivity contribution is 0.620. The molecule has 1 aromatic heterocycles. The van der Waals surface area contributed by atoms with Gasteiger partial charge in [-0.25, -0.2) is 0 Å². The summed E-state index contributed by atoms with van der Waals surface area (Å²) in [6, 6.07) is 19.3. The molecule has 0 aliphatic heterocycles. The van der Waals surface area contributed by atoms with Crippen LogP contribution in [0.25, 0.3) is 10.8 Å². The molecule has 0 aliphatic rings. The number of fused-ring (bicyclic) bond motifs is 1. The van der Waals surface area contributed by atoms with E-state index in [0.29, 0.717) is 0 Å². The zero-order valence-corrected chi connectivity index (χ0v) is 12.5. The van der Waals surface area contributed by atoms with Gasteiger partial charge in [0.2, 0.25) is 0 Å². The molecule has 1 heterocycles. The Kier molecular flexibility index (Phi) is 3.98. The van der Waals surface area contributed by atoms with Gasteiger partial charge >= 0.3 is 0 Å². The average Bonchev–Trinajstić information content (AvgIpc) is 2.53. The van der Waals surface area contributed by atoms with E-state index >= 15 is 0 Å². The smallest absolute Gasteiger partial charge is 0.0757 e. The van der Waals surface area contributed by atoms with Crippen LogP contribution < -0.4 is 5.32 Å². The predicted molar refractivity (Wildman–Crippen MR) is 88.4 cm³/mol. The molecule has 0 radical (unpaired) electrons. The molecule has 0 saturated heterocycles. The quantitative estimate of drug-likeness (QED) is 0.771. The van der Waals surface area contributed by atoms with Crippen LogP contribution in [0.3, 0.4) is 0 Å². The Morgan fingerprint density at radius 2 is 1.76 bits per heavy atom. The van der Waals surface area contributed by atoms with E-state index < -0.39 is 0 Å². The number of hydrogen-bond acceptors (Lipinski definition) is 2. The van der Waals surface area contributed by atoms with Crippen LogP contribution in [0.4, 0.5) is 0 Å². The van der Waals surface area contributed by atoms with Crippen molar-refractivity contribution >= 4 is 10.8 Å². The van der Waals surface area contributed by atoms with E-state index in [1.54, 1.807) is 0 Å². The summed E-state index contributed by atoms with van der Waals surface area (Å²) < 4.78 is 0. The number of nitrogens with one attached hydrogen (secondary N) is 1. The molecule has 2 heteroatoms. The molecule has 2 aromatic carbocycles. The average molecular weight is 276 g/mol. The molecule has 1 N–H and O–H groups in total. The van der Waals surface area contributed by atoms with Gasteiger partial charge in [0.25, 0.3) is 0 Å². The fraction of sp³-hybridized carbons (Fsp3) is 0.211. The van der Waals surface area contributed by atoms with Crippen LogP contribution >= 0.6 is 0 Å². The van der Waals surface area contributed by atoms with E-state index in [2.05, 4.69) is 78.7 Å². The Labute approximate surface area is 125 Å². The molecule has 0 saturated carbocycles. The van der Waals surface area contributed by atoms with Gasteiger partial charge in [-0.05, 0) is 30.5 Å². The summed E-state index contributed by atoms with van der Waals surface area (Å²) in [7, 11) is 0. The third-order valence-corrected chi connectivity index (χ3v) is 3.80. The first-order valence-electron chi connectivity index (χ1n) is 7.43. The van der Waals surface area contributed by atoms with Crippen LogP contribution in [0.2, 0.25) is 0 Å². The van der Waals surface area contributed by atoms with Gasteiger partial charge in [-0.15, -0.1) is 0 Å². The third kappa shape index (κ3) is 2.81. The number of hydrogen-bond donors (Lipinski definition) is 1. The Morgan fingerprint density at radius 3 is 2.52 bits per heavy atom. The van der Waals surface area contributed by atoms with Gasteiger partial charge in [-0.1, -0.05) is 61.0 Å².